The Morgan fingerprint density at radius 2 is 2.00 bits per heavy atom. The lowest BCUT2D eigenvalue weighted by molar-refractivity contribution is 0.413. The van der Waals surface area contributed by atoms with Crippen molar-refractivity contribution in [3.8, 4) is 5.75 Å². The molecule has 0 fully saturated rings. The van der Waals surface area contributed by atoms with E-state index in [0.717, 1.165) is 5.69 Å². The van der Waals surface area contributed by atoms with Crippen LogP contribution < -0.4 is 15.9 Å². The van der Waals surface area contributed by atoms with Crippen molar-refractivity contribution in [1.82, 2.24) is 9.55 Å². The zero-order valence-electron chi connectivity index (χ0n) is 12.2. The van der Waals surface area contributed by atoms with Gasteiger partial charge in [-0.1, -0.05) is 6.07 Å². The maximum absolute atomic E-state index is 12.0. The summed E-state index contributed by atoms with van der Waals surface area (Å²) in [5, 5.41) is 18.9. The van der Waals surface area contributed by atoms with E-state index in [1.54, 1.807) is 31.2 Å². The molecule has 2 N–H and O–H groups in total. The van der Waals surface area contributed by atoms with Gasteiger partial charge in [-0.3, -0.25) is 4.57 Å². The van der Waals surface area contributed by atoms with Crippen molar-refractivity contribution in [2.24, 2.45) is 0 Å². The monoisotopic (exact) mass is 288 g/mol. The van der Waals surface area contributed by atoms with Gasteiger partial charge in [0.15, 0.2) is 0 Å². The van der Waals surface area contributed by atoms with Crippen molar-refractivity contribution < 1.29 is 14.8 Å². The highest BCUT2D eigenvalue weighted by Gasteiger charge is 2.17. The van der Waals surface area contributed by atoms with Gasteiger partial charge in [0.05, 0.1) is 13.7 Å². The first-order valence-electron chi connectivity index (χ1n) is 6.50. The molecule has 0 aliphatic carbocycles. The lowest BCUT2D eigenvalue weighted by Crippen LogP contribution is -2.35. The van der Waals surface area contributed by atoms with Crippen LogP contribution in [0, 0.1) is 13.8 Å². The van der Waals surface area contributed by atoms with Crippen LogP contribution in [0.5, 0.6) is 5.75 Å². The van der Waals surface area contributed by atoms with Gasteiger partial charge in [0.25, 0.3) is 0 Å². The van der Waals surface area contributed by atoms with E-state index in [1.165, 1.54) is 11.7 Å². The summed E-state index contributed by atoms with van der Waals surface area (Å²) in [6, 6.07) is 6.69. The predicted molar refractivity (Wildman–Crippen MR) is 79.9 cm³/mol. The number of nitrogens with zero attached hydrogens (tertiary/aromatic N) is 2. The highest BCUT2D eigenvalue weighted by atomic mass is 16.5. The second-order valence-electron chi connectivity index (χ2n) is 4.85. The molecule has 2 aromatic rings. The van der Waals surface area contributed by atoms with E-state index in [2.05, 4.69) is 4.98 Å². The molecule has 0 saturated heterocycles. The molecule has 0 atom stereocenters. The molecule has 0 unspecified atom stereocenters. The van der Waals surface area contributed by atoms with E-state index in [4.69, 9.17) is 4.74 Å². The van der Waals surface area contributed by atoms with Crippen LogP contribution in [0.2, 0.25) is 0 Å². The standard InChI is InChI=1S/C14H17BN2O4/c1-9-6-10(2)17(14(18)16-9)8-11-7-12(21-3)4-5-13(11)15(19)20/h4-7,19-20H,8H2,1-3H3. The summed E-state index contributed by atoms with van der Waals surface area (Å²) in [6.07, 6.45) is 0. The third-order valence-corrected chi connectivity index (χ3v) is 3.30. The Labute approximate surface area is 122 Å². The fraction of sp³-hybridized carbons (Fsp3) is 0.286. The minimum atomic E-state index is -1.61. The summed E-state index contributed by atoms with van der Waals surface area (Å²) in [7, 11) is -0.0840. The maximum atomic E-state index is 12.0. The van der Waals surface area contributed by atoms with E-state index in [-0.39, 0.29) is 12.2 Å². The van der Waals surface area contributed by atoms with Gasteiger partial charge in [0, 0.05) is 11.4 Å². The van der Waals surface area contributed by atoms with Gasteiger partial charge >= 0.3 is 12.8 Å². The fourth-order valence-corrected chi connectivity index (χ4v) is 2.24. The number of benzene rings is 1. The smallest absolute Gasteiger partial charge is 0.488 e. The van der Waals surface area contributed by atoms with Crippen molar-refractivity contribution in [2.75, 3.05) is 7.11 Å². The third-order valence-electron chi connectivity index (χ3n) is 3.30. The van der Waals surface area contributed by atoms with Gasteiger partial charge in [-0.05, 0) is 43.1 Å². The molecule has 0 aliphatic heterocycles. The van der Waals surface area contributed by atoms with E-state index in [1.807, 2.05) is 6.92 Å². The molecule has 6 nitrogen and oxygen atoms in total. The van der Waals surface area contributed by atoms with Crippen LogP contribution >= 0.6 is 0 Å². The molecule has 0 aliphatic rings. The molecule has 1 heterocycles. The number of hydrogen-bond acceptors (Lipinski definition) is 5. The van der Waals surface area contributed by atoms with E-state index >= 15 is 0 Å². The topological polar surface area (TPSA) is 84.6 Å². The molecular formula is C14H17BN2O4. The third kappa shape index (κ3) is 3.32. The minimum absolute atomic E-state index is 0.197. The first kappa shape index (κ1) is 15.3. The zero-order valence-corrected chi connectivity index (χ0v) is 12.2. The SMILES string of the molecule is COc1ccc(B(O)O)c(Cn2c(C)cc(C)nc2=O)c1. The van der Waals surface area contributed by atoms with Crippen molar-refractivity contribution in [3.05, 3.63) is 51.7 Å². The Hall–Kier alpha value is -2.12. The molecule has 7 heteroatoms. The number of methoxy groups -OCH3 is 1. The lowest BCUT2D eigenvalue weighted by atomic mass is 9.77. The molecule has 2 rings (SSSR count). The van der Waals surface area contributed by atoms with Crippen LogP contribution in [-0.2, 0) is 6.54 Å². The number of ether oxygens (including phenoxy) is 1. The molecule has 1 aromatic heterocycles. The number of rotatable bonds is 4. The van der Waals surface area contributed by atoms with Crippen LogP contribution in [0.4, 0.5) is 0 Å². The van der Waals surface area contributed by atoms with Crippen LogP contribution in [0.15, 0.2) is 29.1 Å². The van der Waals surface area contributed by atoms with Crippen LogP contribution in [0.25, 0.3) is 0 Å². The number of hydrogen-bond donors (Lipinski definition) is 2. The van der Waals surface area contributed by atoms with Gasteiger partial charge < -0.3 is 14.8 Å². The molecule has 0 saturated carbocycles. The Kier molecular flexibility index (Phi) is 4.45. The van der Waals surface area contributed by atoms with E-state index < -0.39 is 7.12 Å². The van der Waals surface area contributed by atoms with Crippen LogP contribution in [0.1, 0.15) is 17.0 Å². The van der Waals surface area contributed by atoms with Crippen LogP contribution in [-0.4, -0.2) is 33.8 Å². The fourth-order valence-electron chi connectivity index (χ4n) is 2.24. The summed E-state index contributed by atoms with van der Waals surface area (Å²) < 4.78 is 6.62. The second kappa shape index (κ2) is 6.11. The zero-order chi connectivity index (χ0) is 15.6. The molecule has 0 radical (unpaired) electrons. The lowest BCUT2D eigenvalue weighted by Gasteiger charge is -2.14. The molecule has 0 amide bonds. The van der Waals surface area contributed by atoms with Crippen molar-refractivity contribution in [1.29, 1.82) is 0 Å². The largest absolute Gasteiger partial charge is 0.497 e. The average molecular weight is 288 g/mol. The summed E-state index contributed by atoms with van der Waals surface area (Å²) in [6.45, 7) is 3.76. The van der Waals surface area contributed by atoms with Gasteiger partial charge in [-0.2, -0.15) is 4.98 Å². The molecule has 0 spiro atoms. The normalized spacial score (nSPS) is 10.5. The minimum Gasteiger partial charge on any atom is -0.497 e. The van der Waals surface area contributed by atoms with Gasteiger partial charge in [-0.25, -0.2) is 4.79 Å². The molecule has 0 bridgehead atoms. The van der Waals surface area contributed by atoms with Gasteiger partial charge in [0.1, 0.15) is 5.75 Å². The highest BCUT2D eigenvalue weighted by molar-refractivity contribution is 6.59. The summed E-state index contributed by atoms with van der Waals surface area (Å²) in [5.41, 5.74) is 1.98. The number of aromatic nitrogens is 2. The van der Waals surface area contributed by atoms with Crippen molar-refractivity contribution in [2.45, 2.75) is 20.4 Å². The van der Waals surface area contributed by atoms with E-state index in [0.29, 0.717) is 22.5 Å². The van der Waals surface area contributed by atoms with Crippen LogP contribution in [0.3, 0.4) is 0 Å². The highest BCUT2D eigenvalue weighted by Crippen LogP contribution is 2.13. The van der Waals surface area contributed by atoms with Gasteiger partial charge in [0.2, 0.25) is 0 Å². The Bertz CT molecular complexity index is 713. The van der Waals surface area contributed by atoms with E-state index in [9.17, 15) is 14.8 Å². The molecular weight excluding hydrogens is 271 g/mol. The van der Waals surface area contributed by atoms with Crippen molar-refractivity contribution >= 4 is 12.6 Å². The Balaban J connectivity index is 2.50. The number of aryl methyl sites for hydroxylation is 2. The van der Waals surface area contributed by atoms with Crippen molar-refractivity contribution in [3.63, 3.8) is 0 Å². The molecule has 1 aromatic carbocycles. The average Bonchev–Trinajstić information content (AvgIpc) is 2.42. The Morgan fingerprint density at radius 3 is 2.57 bits per heavy atom. The summed E-state index contributed by atoms with van der Waals surface area (Å²) in [4.78, 5) is 15.9. The van der Waals surface area contributed by atoms with Gasteiger partial charge in [-0.15, -0.1) is 0 Å². The quantitative estimate of drug-likeness (QED) is 0.748. The molecule has 21 heavy (non-hydrogen) atoms. The maximum Gasteiger partial charge on any atom is 0.488 e. The second-order valence-corrected chi connectivity index (χ2v) is 4.85. The Morgan fingerprint density at radius 1 is 1.29 bits per heavy atom. The first-order chi connectivity index (χ1) is 9.92. The summed E-state index contributed by atoms with van der Waals surface area (Å²) in [5.74, 6) is 0.583. The predicted octanol–water partition coefficient (Wildman–Crippen LogP) is -0.403. The molecule has 110 valence electrons. The first-order valence-corrected chi connectivity index (χ1v) is 6.50. The summed E-state index contributed by atoms with van der Waals surface area (Å²) >= 11 is 0.